The fourth-order valence-electron chi connectivity index (χ4n) is 5.31. The summed E-state index contributed by atoms with van der Waals surface area (Å²) < 4.78 is 8.61. The molecule has 2 heterocycles. The van der Waals surface area contributed by atoms with E-state index in [0.29, 0.717) is 0 Å². The zero-order valence-electron chi connectivity index (χ0n) is 20.2. The summed E-state index contributed by atoms with van der Waals surface area (Å²) >= 11 is -3.53. The van der Waals surface area contributed by atoms with E-state index in [2.05, 4.69) is 140 Å². The molecule has 5 aromatic rings. The average molecular weight is 507 g/mol. The first-order valence-electron chi connectivity index (χ1n) is 11.7. The quantitative estimate of drug-likeness (QED) is 0.325. The second kappa shape index (κ2) is 9.11. The van der Waals surface area contributed by atoms with Crippen LogP contribution in [0.5, 0.6) is 0 Å². The second-order valence-electron chi connectivity index (χ2n) is 9.02. The van der Waals surface area contributed by atoms with Crippen molar-refractivity contribution in [2.24, 2.45) is 0 Å². The number of benzene rings is 3. The molecule has 0 amide bonds. The van der Waals surface area contributed by atoms with E-state index in [9.17, 15) is 0 Å². The summed E-state index contributed by atoms with van der Waals surface area (Å²) in [5, 5.41) is 10.2. The van der Waals surface area contributed by atoms with Gasteiger partial charge >= 0.3 is 205 Å². The Labute approximate surface area is 204 Å². The Morgan fingerprint density at radius 3 is 1.12 bits per heavy atom. The van der Waals surface area contributed by atoms with Crippen molar-refractivity contribution >= 4 is 26.5 Å². The molecule has 0 spiro atoms. The number of aromatic nitrogens is 4. The van der Waals surface area contributed by atoms with E-state index in [4.69, 9.17) is 10.2 Å². The molecule has 0 saturated heterocycles. The second-order valence-corrected chi connectivity index (χ2v) is 17.1. The van der Waals surface area contributed by atoms with Crippen LogP contribution in [0.15, 0.2) is 103 Å². The van der Waals surface area contributed by atoms with Crippen molar-refractivity contribution < 1.29 is 0 Å². The van der Waals surface area contributed by atoms with Crippen LogP contribution in [-0.2, 0) is 0 Å². The topological polar surface area (TPSA) is 35.6 Å². The van der Waals surface area contributed by atoms with Gasteiger partial charge in [-0.15, -0.1) is 0 Å². The maximum absolute atomic E-state index is 5.08. The van der Waals surface area contributed by atoms with Gasteiger partial charge in [0.2, 0.25) is 0 Å². The van der Waals surface area contributed by atoms with Crippen LogP contribution in [0.2, 0.25) is 0 Å². The van der Waals surface area contributed by atoms with Crippen molar-refractivity contribution in [3.8, 4) is 0 Å². The average Bonchev–Trinajstić information content (AvgIpc) is 3.37. The van der Waals surface area contributed by atoms with E-state index in [0.717, 1.165) is 22.8 Å². The van der Waals surface area contributed by atoms with E-state index >= 15 is 0 Å². The number of rotatable bonds is 6. The first-order valence-corrected chi connectivity index (χ1v) is 16.1. The van der Waals surface area contributed by atoms with Gasteiger partial charge in [-0.05, 0) is 0 Å². The van der Waals surface area contributed by atoms with E-state index < -0.39 is 13.3 Å². The van der Waals surface area contributed by atoms with Crippen LogP contribution in [-0.4, -0.2) is 32.8 Å². The standard InChI is InChI=1S/C29H30GeN4/c1-22-20-24(3)33(31-22)29(34-25(4)21-23(2)32-34)30(26-14-8-5-9-15-26,27-16-10-6-11-17-27)28-18-12-7-13-19-28/h5-21,29H,1-4H3. The summed E-state index contributed by atoms with van der Waals surface area (Å²) in [5.41, 5.74) is 4.34. The van der Waals surface area contributed by atoms with E-state index in [1.165, 1.54) is 13.2 Å². The molecular formula is C29H30GeN4. The third-order valence-electron chi connectivity index (χ3n) is 6.63. The SMILES string of the molecule is Cc1cc(C)n([CH](n2nc(C)cc2C)[Ge]([c]2ccccc2)([c]2ccccc2)[c]2ccccc2)n1. The minimum absolute atomic E-state index is 0.0744. The maximum atomic E-state index is 5.08. The third kappa shape index (κ3) is 3.72. The van der Waals surface area contributed by atoms with Crippen LogP contribution in [0.3, 0.4) is 0 Å². The van der Waals surface area contributed by atoms with Gasteiger partial charge in [0.25, 0.3) is 0 Å². The molecule has 0 unspecified atom stereocenters. The monoisotopic (exact) mass is 508 g/mol. The van der Waals surface area contributed by atoms with E-state index in [-0.39, 0.29) is 5.00 Å². The predicted octanol–water partition coefficient (Wildman–Crippen LogP) is 4.07. The fourth-order valence-corrected chi connectivity index (χ4v) is 16.4. The first-order chi connectivity index (χ1) is 16.5. The van der Waals surface area contributed by atoms with Crippen LogP contribution in [0.25, 0.3) is 0 Å². The number of hydrogen-bond donors (Lipinski definition) is 0. The van der Waals surface area contributed by atoms with Gasteiger partial charge in [0.15, 0.2) is 0 Å². The summed E-state index contributed by atoms with van der Waals surface area (Å²) in [7, 11) is 0. The molecule has 0 aliphatic rings. The number of hydrogen-bond acceptors (Lipinski definition) is 2. The Bertz CT molecular complexity index is 1250. The molecule has 2 aromatic heterocycles. The molecule has 0 atom stereocenters. The fraction of sp³-hybridized carbons (Fsp3) is 0.172. The van der Waals surface area contributed by atoms with Gasteiger partial charge in [-0.2, -0.15) is 0 Å². The molecule has 34 heavy (non-hydrogen) atoms. The van der Waals surface area contributed by atoms with E-state index in [1.54, 1.807) is 0 Å². The normalized spacial score (nSPS) is 11.8. The van der Waals surface area contributed by atoms with Crippen molar-refractivity contribution in [2.75, 3.05) is 0 Å². The summed E-state index contributed by atoms with van der Waals surface area (Å²) in [4.78, 5) is -0.0744. The van der Waals surface area contributed by atoms with Crippen molar-refractivity contribution in [3.05, 3.63) is 126 Å². The summed E-state index contributed by atoms with van der Waals surface area (Å²) in [6, 6.07) is 37.5. The van der Waals surface area contributed by atoms with Crippen molar-refractivity contribution in [3.63, 3.8) is 0 Å². The molecule has 170 valence electrons. The van der Waals surface area contributed by atoms with Crippen LogP contribution in [0.4, 0.5) is 0 Å². The number of nitrogens with zero attached hydrogens (tertiary/aromatic N) is 4. The minimum atomic E-state index is -3.53. The molecule has 5 heteroatoms. The van der Waals surface area contributed by atoms with Gasteiger partial charge in [-0.25, -0.2) is 0 Å². The molecule has 5 rings (SSSR count). The van der Waals surface area contributed by atoms with Gasteiger partial charge in [0.05, 0.1) is 0 Å². The molecule has 0 radical (unpaired) electrons. The Kier molecular flexibility index (Phi) is 6.00. The first kappa shape index (κ1) is 22.4. The van der Waals surface area contributed by atoms with Gasteiger partial charge in [0, 0.05) is 0 Å². The molecule has 0 aliphatic heterocycles. The van der Waals surface area contributed by atoms with Crippen molar-refractivity contribution in [1.82, 2.24) is 19.6 Å². The predicted molar refractivity (Wildman–Crippen MR) is 142 cm³/mol. The van der Waals surface area contributed by atoms with Gasteiger partial charge in [0.1, 0.15) is 0 Å². The van der Waals surface area contributed by atoms with Gasteiger partial charge < -0.3 is 0 Å². The summed E-state index contributed by atoms with van der Waals surface area (Å²) in [5.74, 6) is 0. The van der Waals surface area contributed by atoms with Crippen LogP contribution >= 0.6 is 0 Å². The van der Waals surface area contributed by atoms with Crippen molar-refractivity contribution in [1.29, 1.82) is 0 Å². The van der Waals surface area contributed by atoms with Crippen LogP contribution in [0, 0.1) is 27.7 Å². The molecule has 0 N–H and O–H groups in total. The summed E-state index contributed by atoms with van der Waals surface area (Å²) in [6.45, 7) is 8.47. The Hall–Kier alpha value is -3.38. The zero-order chi connectivity index (χ0) is 23.7. The van der Waals surface area contributed by atoms with Crippen LogP contribution in [0.1, 0.15) is 27.8 Å². The van der Waals surface area contributed by atoms with Gasteiger partial charge in [-0.3, -0.25) is 0 Å². The molecule has 4 nitrogen and oxygen atoms in total. The van der Waals surface area contributed by atoms with Crippen LogP contribution < -0.4 is 13.2 Å². The Morgan fingerprint density at radius 1 is 0.529 bits per heavy atom. The third-order valence-corrected chi connectivity index (χ3v) is 17.1. The van der Waals surface area contributed by atoms with Crippen molar-refractivity contribution in [2.45, 2.75) is 32.7 Å². The molecule has 3 aromatic carbocycles. The van der Waals surface area contributed by atoms with E-state index in [1.807, 2.05) is 0 Å². The Balaban J connectivity index is 1.98. The molecular weight excluding hydrogens is 477 g/mol. The Morgan fingerprint density at radius 2 is 0.853 bits per heavy atom. The zero-order valence-corrected chi connectivity index (χ0v) is 22.3. The molecule has 0 aliphatic carbocycles. The molecule has 0 bridgehead atoms. The summed E-state index contributed by atoms with van der Waals surface area (Å²) in [6.07, 6.45) is 0. The molecule has 0 saturated carbocycles. The molecule has 0 fully saturated rings. The van der Waals surface area contributed by atoms with Gasteiger partial charge in [-0.1, -0.05) is 0 Å². The number of aryl methyl sites for hydroxylation is 4.